The molecule has 132 valence electrons. The normalized spacial score (nSPS) is 18.1. The molecule has 24 heavy (non-hydrogen) atoms. The van der Waals surface area contributed by atoms with Crippen LogP contribution in [0.4, 0.5) is 0 Å². The first kappa shape index (κ1) is 18.2. The van der Waals surface area contributed by atoms with Crippen LogP contribution in [0.1, 0.15) is 38.0 Å². The molecule has 1 aromatic carbocycles. The van der Waals surface area contributed by atoms with Crippen molar-refractivity contribution in [3.63, 3.8) is 0 Å². The molecule has 1 fully saturated rings. The summed E-state index contributed by atoms with van der Waals surface area (Å²) >= 11 is 0. The van der Waals surface area contributed by atoms with E-state index in [0.29, 0.717) is 25.2 Å². The first-order valence-electron chi connectivity index (χ1n) is 7.90. The molecule has 0 amide bonds. The highest BCUT2D eigenvalue weighted by molar-refractivity contribution is 5.96. The molecule has 0 bridgehead atoms. The Balaban J connectivity index is 1.82. The minimum absolute atomic E-state index is 0.0268. The molecule has 1 aliphatic rings. The number of carbonyl (C=O) groups excluding carboxylic acids is 1. The molecule has 1 heterocycles. The number of rotatable bonds is 5. The predicted molar refractivity (Wildman–Crippen MR) is 89.7 cm³/mol. The number of oxime groups is 1. The van der Waals surface area contributed by atoms with Gasteiger partial charge in [-0.1, -0.05) is 29.4 Å². The molecule has 1 atom stereocenters. The van der Waals surface area contributed by atoms with Crippen molar-refractivity contribution in [2.75, 3.05) is 19.6 Å². The van der Waals surface area contributed by atoms with Crippen LogP contribution in [0.15, 0.2) is 29.4 Å². The maximum Gasteiger partial charge on any atom is 0.312 e. The van der Waals surface area contributed by atoms with Gasteiger partial charge in [-0.15, -0.1) is 0 Å². The molecule has 1 unspecified atom stereocenters. The van der Waals surface area contributed by atoms with Crippen molar-refractivity contribution >= 4 is 11.8 Å². The van der Waals surface area contributed by atoms with Gasteiger partial charge >= 0.3 is 5.97 Å². The Kier molecular flexibility index (Phi) is 5.46. The van der Waals surface area contributed by atoms with Crippen molar-refractivity contribution in [3.05, 3.63) is 35.4 Å². The molecule has 7 heteroatoms. The maximum atomic E-state index is 11.9. The monoisotopic (exact) mass is 335 g/mol. The molecule has 1 aliphatic heterocycles. The van der Waals surface area contributed by atoms with E-state index in [1.807, 2.05) is 25.7 Å². The van der Waals surface area contributed by atoms with Crippen molar-refractivity contribution in [1.29, 1.82) is 0 Å². The number of hydrogen-bond donors (Lipinski definition) is 3. The average Bonchev–Trinajstić information content (AvgIpc) is 2.47. The van der Waals surface area contributed by atoms with E-state index in [9.17, 15) is 9.90 Å². The fourth-order valence-corrected chi connectivity index (χ4v) is 2.54. The second kappa shape index (κ2) is 7.19. The van der Waals surface area contributed by atoms with Gasteiger partial charge in [-0.3, -0.25) is 9.69 Å². The van der Waals surface area contributed by atoms with Gasteiger partial charge in [0, 0.05) is 25.2 Å². The van der Waals surface area contributed by atoms with E-state index < -0.39 is 11.7 Å². The smallest absolute Gasteiger partial charge is 0.312 e. The lowest BCUT2D eigenvalue weighted by Crippen LogP contribution is -2.52. The van der Waals surface area contributed by atoms with Gasteiger partial charge in [-0.2, -0.15) is 0 Å². The molecule has 0 saturated carbocycles. The molecule has 7 nitrogen and oxygen atoms in total. The van der Waals surface area contributed by atoms with Gasteiger partial charge in [0.1, 0.15) is 5.60 Å². The highest BCUT2D eigenvalue weighted by Gasteiger charge is 2.36. The predicted octanol–water partition coefficient (Wildman–Crippen LogP) is 1.09. The summed E-state index contributed by atoms with van der Waals surface area (Å²) in [4.78, 5) is 13.9. The van der Waals surface area contributed by atoms with Gasteiger partial charge in [-0.05, 0) is 26.3 Å². The molecule has 0 radical (unpaired) electrons. The summed E-state index contributed by atoms with van der Waals surface area (Å²) in [7, 11) is 0. The topological polar surface area (TPSA) is 108 Å². The molecule has 4 N–H and O–H groups in total. The van der Waals surface area contributed by atoms with Crippen LogP contribution >= 0.6 is 0 Å². The Morgan fingerprint density at radius 2 is 1.96 bits per heavy atom. The van der Waals surface area contributed by atoms with Crippen LogP contribution in [0.5, 0.6) is 0 Å². The van der Waals surface area contributed by atoms with E-state index in [0.717, 1.165) is 5.56 Å². The van der Waals surface area contributed by atoms with E-state index in [1.54, 1.807) is 24.3 Å². The molecule has 0 aromatic heterocycles. The number of hydrogen-bond acceptors (Lipinski definition) is 6. The quantitative estimate of drug-likeness (QED) is 0.244. The van der Waals surface area contributed by atoms with Gasteiger partial charge in [-0.25, -0.2) is 0 Å². The van der Waals surface area contributed by atoms with Gasteiger partial charge in [0.2, 0.25) is 0 Å². The third-order valence-electron chi connectivity index (χ3n) is 3.83. The molecule has 1 aromatic rings. The number of benzene rings is 1. The number of aliphatic hydroxyl groups excluding tert-OH is 1. The third kappa shape index (κ3) is 4.69. The Bertz CT molecular complexity index is 601. The van der Waals surface area contributed by atoms with E-state index in [4.69, 9.17) is 15.7 Å². The molecule has 1 saturated heterocycles. The Morgan fingerprint density at radius 1 is 1.38 bits per heavy atom. The standard InChI is InChI=1S/C17H25N3O4/c1-17(2,3)24-16(22)13-8-20(9-13)10-14(21)11-4-6-12(7-5-11)15(18)19-23/h4-7,13-14,21,23H,8-10H2,1-3H3,(H2,18,19). The molecule has 2 rings (SSSR count). The number of β-amino-alcohol motifs (C(OH)–C–C–N with tert-alkyl or cyclic N) is 1. The summed E-state index contributed by atoms with van der Waals surface area (Å²) in [5.74, 6) is -0.283. The first-order valence-corrected chi connectivity index (χ1v) is 7.90. The Labute approximate surface area is 141 Å². The van der Waals surface area contributed by atoms with Crippen molar-refractivity contribution in [3.8, 4) is 0 Å². The largest absolute Gasteiger partial charge is 0.460 e. The number of carbonyl (C=O) groups is 1. The zero-order chi connectivity index (χ0) is 17.9. The third-order valence-corrected chi connectivity index (χ3v) is 3.83. The lowest BCUT2D eigenvalue weighted by atomic mass is 9.98. The number of nitrogens with two attached hydrogens (primary N) is 1. The molecular formula is C17H25N3O4. The molecule has 0 aliphatic carbocycles. The van der Waals surface area contributed by atoms with Crippen LogP contribution < -0.4 is 5.73 Å². The van der Waals surface area contributed by atoms with Crippen molar-refractivity contribution < 1.29 is 19.8 Å². The van der Waals surface area contributed by atoms with Crippen molar-refractivity contribution in [1.82, 2.24) is 4.90 Å². The van der Waals surface area contributed by atoms with E-state index in [1.165, 1.54) is 0 Å². The summed E-state index contributed by atoms with van der Waals surface area (Å²) in [5, 5.41) is 21.9. The SMILES string of the molecule is CC(C)(C)OC(=O)C1CN(CC(O)c2ccc(/C(N)=N\O)cc2)C1. The number of esters is 1. The van der Waals surface area contributed by atoms with E-state index in [2.05, 4.69) is 5.16 Å². The van der Waals surface area contributed by atoms with Crippen LogP contribution in [0.25, 0.3) is 0 Å². The molecule has 0 spiro atoms. The number of amidine groups is 1. The summed E-state index contributed by atoms with van der Waals surface area (Å²) in [6.45, 7) is 7.18. The second-order valence-electron chi connectivity index (χ2n) is 7.07. The van der Waals surface area contributed by atoms with Gasteiger partial charge in [0.25, 0.3) is 0 Å². The van der Waals surface area contributed by atoms with Crippen molar-refractivity contribution in [2.45, 2.75) is 32.5 Å². The van der Waals surface area contributed by atoms with Gasteiger partial charge in [0.15, 0.2) is 5.84 Å². The van der Waals surface area contributed by atoms with E-state index in [-0.39, 0.29) is 17.7 Å². The number of aliphatic hydroxyl groups is 1. The Hall–Kier alpha value is -2.12. The summed E-state index contributed by atoms with van der Waals surface area (Å²) in [6, 6.07) is 6.85. The minimum Gasteiger partial charge on any atom is -0.460 e. The number of likely N-dealkylation sites (tertiary alicyclic amines) is 1. The van der Waals surface area contributed by atoms with Gasteiger partial charge in [0.05, 0.1) is 12.0 Å². The lowest BCUT2D eigenvalue weighted by Gasteiger charge is -2.39. The fourth-order valence-electron chi connectivity index (χ4n) is 2.54. The zero-order valence-corrected chi connectivity index (χ0v) is 14.3. The van der Waals surface area contributed by atoms with Crippen LogP contribution in [-0.2, 0) is 9.53 Å². The lowest BCUT2D eigenvalue weighted by molar-refractivity contribution is -0.166. The first-order chi connectivity index (χ1) is 11.2. The van der Waals surface area contributed by atoms with E-state index >= 15 is 0 Å². The average molecular weight is 335 g/mol. The fraction of sp³-hybridized carbons (Fsp3) is 0.529. The van der Waals surface area contributed by atoms with Crippen molar-refractivity contribution in [2.24, 2.45) is 16.8 Å². The number of nitrogens with zero attached hydrogens (tertiary/aromatic N) is 2. The van der Waals surface area contributed by atoms with Crippen LogP contribution in [0.3, 0.4) is 0 Å². The van der Waals surface area contributed by atoms with Gasteiger partial charge < -0.3 is 20.8 Å². The Morgan fingerprint density at radius 3 is 2.46 bits per heavy atom. The van der Waals surface area contributed by atoms with Crippen LogP contribution in [-0.4, -0.2) is 52.3 Å². The summed E-state index contributed by atoms with van der Waals surface area (Å²) < 4.78 is 5.35. The highest BCUT2D eigenvalue weighted by atomic mass is 16.6. The molecular weight excluding hydrogens is 310 g/mol. The second-order valence-corrected chi connectivity index (χ2v) is 7.07. The van der Waals surface area contributed by atoms with Crippen LogP contribution in [0.2, 0.25) is 0 Å². The maximum absolute atomic E-state index is 11.9. The highest BCUT2D eigenvalue weighted by Crippen LogP contribution is 2.23. The number of ether oxygens (including phenoxy) is 1. The zero-order valence-electron chi connectivity index (χ0n) is 14.3. The minimum atomic E-state index is -0.661. The summed E-state index contributed by atoms with van der Waals surface area (Å²) in [5.41, 5.74) is 6.36. The summed E-state index contributed by atoms with van der Waals surface area (Å²) in [6.07, 6.45) is -0.661. The van der Waals surface area contributed by atoms with Crippen LogP contribution in [0, 0.1) is 5.92 Å².